The van der Waals surface area contributed by atoms with Gasteiger partial charge in [0.25, 0.3) is 0 Å². The van der Waals surface area contributed by atoms with Crippen molar-refractivity contribution in [3.63, 3.8) is 0 Å². The number of carboxylic acid groups (broad SMARTS) is 1. The Morgan fingerprint density at radius 1 is 1.18 bits per heavy atom. The minimum atomic E-state index is -0.917. The molecule has 0 radical (unpaired) electrons. The van der Waals surface area contributed by atoms with Crippen LogP contribution in [0.4, 0.5) is 0 Å². The molecule has 0 aliphatic heterocycles. The molecule has 0 bridgehead atoms. The van der Waals surface area contributed by atoms with Gasteiger partial charge < -0.3 is 5.11 Å². The van der Waals surface area contributed by atoms with E-state index in [1.165, 1.54) is 0 Å². The molecule has 0 spiro atoms. The molecule has 4 nitrogen and oxygen atoms in total. The summed E-state index contributed by atoms with van der Waals surface area (Å²) in [6.07, 6.45) is 8.14. The predicted octanol–water partition coefficient (Wildman–Crippen LogP) is 4.44. The van der Waals surface area contributed by atoms with Crippen molar-refractivity contribution in [2.45, 2.75) is 46.0 Å². The van der Waals surface area contributed by atoms with Crippen LogP contribution in [0.5, 0.6) is 0 Å². The Kier molecular flexibility index (Phi) is 5.26. The van der Waals surface area contributed by atoms with Gasteiger partial charge in [0.05, 0.1) is 11.3 Å². The number of hydrogen-bond acceptors (Lipinski definition) is 3. The van der Waals surface area contributed by atoms with Gasteiger partial charge in [0.1, 0.15) is 0 Å². The van der Waals surface area contributed by atoms with Gasteiger partial charge in [-0.2, -0.15) is 0 Å². The number of aromatic carboxylic acids is 1. The smallest absolute Gasteiger partial charge is 0.337 e. The maximum Gasteiger partial charge on any atom is 0.337 e. The van der Waals surface area contributed by atoms with Crippen molar-refractivity contribution in [1.82, 2.24) is 9.97 Å². The van der Waals surface area contributed by atoms with E-state index in [0.717, 1.165) is 36.0 Å². The monoisotopic (exact) mass is 298 g/mol. The molecule has 2 aromatic heterocycles. The summed E-state index contributed by atoms with van der Waals surface area (Å²) in [7, 11) is 0. The lowest BCUT2D eigenvalue weighted by Crippen LogP contribution is -2.10. The van der Waals surface area contributed by atoms with Crippen molar-refractivity contribution in [3.05, 3.63) is 47.5 Å². The molecule has 0 amide bonds. The van der Waals surface area contributed by atoms with E-state index >= 15 is 0 Å². The van der Waals surface area contributed by atoms with E-state index in [4.69, 9.17) is 0 Å². The topological polar surface area (TPSA) is 63.1 Å². The summed E-state index contributed by atoms with van der Waals surface area (Å²) < 4.78 is 0. The molecule has 0 aliphatic rings. The van der Waals surface area contributed by atoms with Crippen molar-refractivity contribution in [1.29, 1.82) is 0 Å². The molecule has 4 heteroatoms. The van der Waals surface area contributed by atoms with E-state index < -0.39 is 5.97 Å². The first-order valence-corrected chi connectivity index (χ1v) is 7.72. The lowest BCUT2D eigenvalue weighted by Gasteiger charge is -2.16. The van der Waals surface area contributed by atoms with Crippen molar-refractivity contribution < 1.29 is 9.90 Å². The molecule has 2 aromatic rings. The van der Waals surface area contributed by atoms with Crippen LogP contribution in [0.1, 0.15) is 60.6 Å². The maximum atomic E-state index is 11.6. The van der Waals surface area contributed by atoms with E-state index in [9.17, 15) is 9.90 Å². The van der Waals surface area contributed by atoms with Gasteiger partial charge in [0.15, 0.2) is 0 Å². The highest BCUT2D eigenvalue weighted by Crippen LogP contribution is 2.29. The number of pyridine rings is 2. The van der Waals surface area contributed by atoms with Gasteiger partial charge in [0, 0.05) is 35.6 Å². The molecule has 1 atom stereocenters. The van der Waals surface area contributed by atoms with Gasteiger partial charge in [-0.05, 0) is 37.5 Å². The van der Waals surface area contributed by atoms with Gasteiger partial charge in [0.2, 0.25) is 0 Å². The van der Waals surface area contributed by atoms with Gasteiger partial charge in [-0.3, -0.25) is 9.97 Å². The molecule has 0 saturated heterocycles. The molecule has 1 unspecified atom stereocenters. The van der Waals surface area contributed by atoms with Crippen LogP contribution in [0, 0.1) is 6.92 Å². The minimum Gasteiger partial charge on any atom is -0.478 e. The zero-order valence-electron chi connectivity index (χ0n) is 13.3. The summed E-state index contributed by atoms with van der Waals surface area (Å²) >= 11 is 0. The number of nitrogens with zero attached hydrogens (tertiary/aromatic N) is 2. The van der Waals surface area contributed by atoms with Crippen molar-refractivity contribution in [2.24, 2.45) is 0 Å². The van der Waals surface area contributed by atoms with Crippen LogP contribution in [-0.4, -0.2) is 21.0 Å². The van der Waals surface area contributed by atoms with Gasteiger partial charge in [-0.1, -0.05) is 20.3 Å². The fourth-order valence-corrected chi connectivity index (χ4v) is 2.73. The van der Waals surface area contributed by atoms with Crippen LogP contribution >= 0.6 is 0 Å². The Morgan fingerprint density at radius 3 is 2.50 bits per heavy atom. The standard InChI is InChI=1S/C18H22N2O2/c1-4-6-13(5-2)17-16(18(21)22)8-15(11-20-17)14-7-12(3)9-19-10-14/h7-11,13H,4-6H2,1-3H3,(H,21,22). The number of carbonyl (C=O) groups is 1. The van der Waals surface area contributed by atoms with E-state index in [0.29, 0.717) is 11.3 Å². The van der Waals surface area contributed by atoms with Crippen LogP contribution in [0.15, 0.2) is 30.7 Å². The molecule has 116 valence electrons. The third kappa shape index (κ3) is 3.50. The number of aryl methyl sites for hydroxylation is 1. The van der Waals surface area contributed by atoms with Crippen LogP contribution < -0.4 is 0 Å². The first-order valence-electron chi connectivity index (χ1n) is 7.72. The highest BCUT2D eigenvalue weighted by molar-refractivity contribution is 5.90. The van der Waals surface area contributed by atoms with E-state index in [2.05, 4.69) is 23.8 Å². The fraction of sp³-hybridized carbons (Fsp3) is 0.389. The summed E-state index contributed by atoms with van der Waals surface area (Å²) in [6.45, 7) is 6.15. The Morgan fingerprint density at radius 2 is 1.91 bits per heavy atom. The zero-order chi connectivity index (χ0) is 16.1. The quantitative estimate of drug-likeness (QED) is 0.856. The number of aromatic nitrogens is 2. The van der Waals surface area contributed by atoms with E-state index in [1.54, 1.807) is 24.7 Å². The van der Waals surface area contributed by atoms with Gasteiger partial charge >= 0.3 is 5.97 Å². The molecule has 1 N–H and O–H groups in total. The maximum absolute atomic E-state index is 11.6. The summed E-state index contributed by atoms with van der Waals surface area (Å²) in [4.78, 5) is 20.3. The number of hydrogen-bond donors (Lipinski definition) is 1. The summed E-state index contributed by atoms with van der Waals surface area (Å²) in [5, 5.41) is 9.55. The summed E-state index contributed by atoms with van der Waals surface area (Å²) in [5.74, 6) is -0.722. The second-order valence-electron chi connectivity index (χ2n) is 5.61. The summed E-state index contributed by atoms with van der Waals surface area (Å²) in [5.41, 5.74) is 3.73. The van der Waals surface area contributed by atoms with E-state index in [1.807, 2.05) is 13.0 Å². The van der Waals surface area contributed by atoms with Crippen molar-refractivity contribution in [3.8, 4) is 11.1 Å². The average molecular weight is 298 g/mol. The second kappa shape index (κ2) is 7.16. The van der Waals surface area contributed by atoms with Crippen LogP contribution in [0.3, 0.4) is 0 Å². The molecule has 22 heavy (non-hydrogen) atoms. The Balaban J connectivity index is 2.49. The first-order chi connectivity index (χ1) is 10.6. The predicted molar refractivity (Wildman–Crippen MR) is 87.1 cm³/mol. The minimum absolute atomic E-state index is 0.195. The molecule has 0 aromatic carbocycles. The highest BCUT2D eigenvalue weighted by atomic mass is 16.4. The Hall–Kier alpha value is -2.23. The Labute approximate surface area is 131 Å². The fourth-order valence-electron chi connectivity index (χ4n) is 2.73. The molecule has 2 rings (SSSR count). The number of carboxylic acids is 1. The average Bonchev–Trinajstić information content (AvgIpc) is 2.52. The van der Waals surface area contributed by atoms with Crippen LogP contribution in [0.2, 0.25) is 0 Å². The van der Waals surface area contributed by atoms with Crippen molar-refractivity contribution in [2.75, 3.05) is 0 Å². The second-order valence-corrected chi connectivity index (χ2v) is 5.61. The normalized spacial score (nSPS) is 12.1. The van der Waals surface area contributed by atoms with Gasteiger partial charge in [-0.15, -0.1) is 0 Å². The lowest BCUT2D eigenvalue weighted by molar-refractivity contribution is 0.0694. The number of rotatable bonds is 6. The molecule has 0 aliphatic carbocycles. The van der Waals surface area contributed by atoms with Gasteiger partial charge in [-0.25, -0.2) is 4.79 Å². The zero-order valence-corrected chi connectivity index (χ0v) is 13.3. The van der Waals surface area contributed by atoms with Crippen LogP contribution in [0.25, 0.3) is 11.1 Å². The third-order valence-electron chi connectivity index (χ3n) is 3.87. The molecular weight excluding hydrogens is 276 g/mol. The third-order valence-corrected chi connectivity index (χ3v) is 3.87. The Bertz CT molecular complexity index is 668. The lowest BCUT2D eigenvalue weighted by atomic mass is 9.92. The molecular formula is C18H22N2O2. The van der Waals surface area contributed by atoms with Crippen LogP contribution in [-0.2, 0) is 0 Å². The first kappa shape index (κ1) is 16.1. The highest BCUT2D eigenvalue weighted by Gasteiger charge is 2.20. The summed E-state index contributed by atoms with van der Waals surface area (Å²) in [6, 6.07) is 3.71. The molecule has 0 saturated carbocycles. The SMILES string of the molecule is CCCC(CC)c1ncc(-c2cncc(C)c2)cc1C(=O)O. The molecule has 0 fully saturated rings. The largest absolute Gasteiger partial charge is 0.478 e. The van der Waals surface area contributed by atoms with E-state index in [-0.39, 0.29) is 5.92 Å². The molecule has 2 heterocycles. The van der Waals surface area contributed by atoms with Crippen molar-refractivity contribution >= 4 is 5.97 Å².